The van der Waals surface area contributed by atoms with Crippen LogP contribution in [0.4, 0.5) is 0 Å². The second-order valence-electron chi connectivity index (χ2n) is 4.42. The molecule has 1 N–H and O–H groups in total. The fourth-order valence-corrected chi connectivity index (χ4v) is 2.29. The average molecular weight is 180 g/mol. The molecule has 1 aliphatic carbocycles. The standard InChI is InChI=1S/C11H20N2/c1-13-7-6-10(9-13)8-12-11-4-2-3-5-11/h6,11-12H,2-5,7-9H2,1H3. The molecule has 74 valence electrons. The molecule has 0 bridgehead atoms. The SMILES string of the molecule is CN1CC=C(CNC2CCCC2)C1. The average Bonchev–Trinajstić information content (AvgIpc) is 2.71. The Hall–Kier alpha value is -0.340. The smallest absolute Gasteiger partial charge is 0.0206 e. The van der Waals surface area contributed by atoms with Crippen molar-refractivity contribution in [3.63, 3.8) is 0 Å². The van der Waals surface area contributed by atoms with Gasteiger partial charge in [-0.15, -0.1) is 0 Å². The van der Waals surface area contributed by atoms with Crippen molar-refractivity contribution in [2.24, 2.45) is 0 Å². The van der Waals surface area contributed by atoms with Gasteiger partial charge in [-0.3, -0.25) is 4.90 Å². The number of hydrogen-bond acceptors (Lipinski definition) is 2. The van der Waals surface area contributed by atoms with Crippen molar-refractivity contribution in [3.05, 3.63) is 11.6 Å². The van der Waals surface area contributed by atoms with Gasteiger partial charge in [-0.05, 0) is 25.5 Å². The van der Waals surface area contributed by atoms with E-state index in [1.165, 1.54) is 32.2 Å². The predicted molar refractivity (Wildman–Crippen MR) is 55.8 cm³/mol. The first kappa shape index (κ1) is 9.22. The molecule has 1 fully saturated rings. The number of nitrogens with zero attached hydrogens (tertiary/aromatic N) is 1. The maximum Gasteiger partial charge on any atom is 0.0206 e. The summed E-state index contributed by atoms with van der Waals surface area (Å²) in [5.74, 6) is 0. The zero-order valence-electron chi connectivity index (χ0n) is 8.55. The lowest BCUT2D eigenvalue weighted by atomic mass is 10.2. The van der Waals surface area contributed by atoms with Gasteiger partial charge in [0.25, 0.3) is 0 Å². The Kier molecular flexibility index (Phi) is 3.01. The van der Waals surface area contributed by atoms with Crippen molar-refractivity contribution in [2.45, 2.75) is 31.7 Å². The summed E-state index contributed by atoms with van der Waals surface area (Å²) in [6.07, 6.45) is 8.00. The summed E-state index contributed by atoms with van der Waals surface area (Å²) in [5, 5.41) is 3.65. The van der Waals surface area contributed by atoms with Gasteiger partial charge >= 0.3 is 0 Å². The topological polar surface area (TPSA) is 15.3 Å². The van der Waals surface area contributed by atoms with Crippen LogP contribution < -0.4 is 5.32 Å². The third-order valence-electron chi connectivity index (χ3n) is 3.14. The van der Waals surface area contributed by atoms with Crippen molar-refractivity contribution in [3.8, 4) is 0 Å². The summed E-state index contributed by atoms with van der Waals surface area (Å²) in [5.41, 5.74) is 1.58. The molecule has 0 aromatic heterocycles. The molecule has 0 saturated heterocycles. The normalized spacial score (nSPS) is 25.5. The summed E-state index contributed by atoms with van der Waals surface area (Å²) in [7, 11) is 2.18. The monoisotopic (exact) mass is 180 g/mol. The molecule has 2 heteroatoms. The van der Waals surface area contributed by atoms with Crippen LogP contribution in [0.25, 0.3) is 0 Å². The summed E-state index contributed by atoms with van der Waals surface area (Å²) in [6.45, 7) is 3.43. The first-order valence-corrected chi connectivity index (χ1v) is 5.44. The van der Waals surface area contributed by atoms with Crippen LogP contribution >= 0.6 is 0 Å². The van der Waals surface area contributed by atoms with Crippen LogP contribution in [0.3, 0.4) is 0 Å². The van der Waals surface area contributed by atoms with Crippen LogP contribution in [-0.2, 0) is 0 Å². The molecule has 0 radical (unpaired) electrons. The quantitative estimate of drug-likeness (QED) is 0.660. The Morgan fingerprint density at radius 1 is 1.46 bits per heavy atom. The zero-order valence-corrected chi connectivity index (χ0v) is 8.55. The Bertz CT molecular complexity index is 192. The van der Waals surface area contributed by atoms with E-state index in [0.717, 1.165) is 19.1 Å². The summed E-state index contributed by atoms with van der Waals surface area (Å²) in [6, 6.07) is 0.812. The van der Waals surface area contributed by atoms with E-state index in [4.69, 9.17) is 0 Å². The molecule has 0 aromatic carbocycles. The lowest BCUT2D eigenvalue weighted by Crippen LogP contribution is -2.29. The Morgan fingerprint density at radius 3 is 2.85 bits per heavy atom. The van der Waals surface area contributed by atoms with E-state index in [-0.39, 0.29) is 0 Å². The first-order chi connectivity index (χ1) is 6.34. The molecule has 0 atom stereocenters. The maximum absolute atomic E-state index is 3.65. The second kappa shape index (κ2) is 4.25. The highest BCUT2D eigenvalue weighted by Gasteiger charge is 2.15. The van der Waals surface area contributed by atoms with Crippen LogP contribution in [0.15, 0.2) is 11.6 Å². The van der Waals surface area contributed by atoms with E-state index < -0.39 is 0 Å². The largest absolute Gasteiger partial charge is 0.310 e. The van der Waals surface area contributed by atoms with Gasteiger partial charge in [0.15, 0.2) is 0 Å². The molecule has 0 spiro atoms. The van der Waals surface area contributed by atoms with Crippen LogP contribution in [0.5, 0.6) is 0 Å². The summed E-state index contributed by atoms with van der Waals surface area (Å²) < 4.78 is 0. The lowest BCUT2D eigenvalue weighted by molar-refractivity contribution is 0.423. The number of nitrogens with one attached hydrogen (secondary N) is 1. The maximum atomic E-state index is 3.65. The van der Waals surface area contributed by atoms with Crippen LogP contribution in [0.1, 0.15) is 25.7 Å². The highest BCUT2D eigenvalue weighted by atomic mass is 15.1. The fraction of sp³-hybridized carbons (Fsp3) is 0.818. The third-order valence-corrected chi connectivity index (χ3v) is 3.14. The van der Waals surface area contributed by atoms with Gasteiger partial charge in [-0.2, -0.15) is 0 Å². The van der Waals surface area contributed by atoms with E-state index in [9.17, 15) is 0 Å². The minimum absolute atomic E-state index is 0.812. The van der Waals surface area contributed by atoms with Gasteiger partial charge in [0.2, 0.25) is 0 Å². The van der Waals surface area contributed by atoms with Crippen molar-refractivity contribution >= 4 is 0 Å². The van der Waals surface area contributed by atoms with Crippen molar-refractivity contribution in [1.29, 1.82) is 0 Å². The number of likely N-dealkylation sites (N-methyl/N-ethyl adjacent to an activating group) is 1. The Balaban J connectivity index is 1.67. The van der Waals surface area contributed by atoms with E-state index in [1.54, 1.807) is 5.57 Å². The van der Waals surface area contributed by atoms with E-state index >= 15 is 0 Å². The Morgan fingerprint density at radius 2 is 2.23 bits per heavy atom. The first-order valence-electron chi connectivity index (χ1n) is 5.44. The van der Waals surface area contributed by atoms with Gasteiger partial charge < -0.3 is 5.32 Å². The molecule has 2 aliphatic rings. The zero-order chi connectivity index (χ0) is 9.10. The van der Waals surface area contributed by atoms with Crippen LogP contribution in [0, 0.1) is 0 Å². The Labute approximate surface area is 81.0 Å². The molecule has 13 heavy (non-hydrogen) atoms. The van der Waals surface area contributed by atoms with Gasteiger partial charge in [-0.1, -0.05) is 18.9 Å². The lowest BCUT2D eigenvalue weighted by Gasteiger charge is -2.13. The predicted octanol–water partition coefficient (Wildman–Crippen LogP) is 1.39. The minimum Gasteiger partial charge on any atom is -0.310 e. The number of hydrogen-bond donors (Lipinski definition) is 1. The molecule has 0 unspecified atom stereocenters. The molecule has 1 heterocycles. The van der Waals surface area contributed by atoms with Gasteiger partial charge in [0.1, 0.15) is 0 Å². The molecule has 0 aromatic rings. The van der Waals surface area contributed by atoms with Gasteiger partial charge in [0.05, 0.1) is 0 Å². The molecule has 1 aliphatic heterocycles. The third kappa shape index (κ3) is 2.55. The molecule has 2 rings (SSSR count). The highest BCUT2D eigenvalue weighted by molar-refractivity contribution is 5.13. The molecular weight excluding hydrogens is 160 g/mol. The van der Waals surface area contributed by atoms with E-state index in [1.807, 2.05) is 0 Å². The van der Waals surface area contributed by atoms with Gasteiger partial charge in [-0.25, -0.2) is 0 Å². The number of rotatable bonds is 3. The van der Waals surface area contributed by atoms with Crippen molar-refractivity contribution < 1.29 is 0 Å². The molecular formula is C11H20N2. The van der Waals surface area contributed by atoms with Crippen LogP contribution in [0.2, 0.25) is 0 Å². The molecule has 0 amide bonds. The summed E-state index contributed by atoms with van der Waals surface area (Å²) in [4.78, 5) is 2.35. The van der Waals surface area contributed by atoms with Crippen molar-refractivity contribution in [1.82, 2.24) is 10.2 Å². The van der Waals surface area contributed by atoms with Crippen LogP contribution in [-0.4, -0.2) is 37.6 Å². The second-order valence-corrected chi connectivity index (χ2v) is 4.42. The fourth-order valence-electron chi connectivity index (χ4n) is 2.29. The molecule has 2 nitrogen and oxygen atoms in total. The minimum atomic E-state index is 0.812. The van der Waals surface area contributed by atoms with Crippen molar-refractivity contribution in [2.75, 3.05) is 26.7 Å². The van der Waals surface area contributed by atoms with E-state index in [2.05, 4.69) is 23.3 Å². The van der Waals surface area contributed by atoms with Gasteiger partial charge in [0, 0.05) is 25.7 Å². The highest BCUT2D eigenvalue weighted by Crippen LogP contribution is 2.18. The molecule has 1 saturated carbocycles. The van der Waals surface area contributed by atoms with E-state index in [0.29, 0.717) is 0 Å². The summed E-state index contributed by atoms with van der Waals surface area (Å²) >= 11 is 0.